The Hall–Kier alpha value is -2.24. The summed E-state index contributed by atoms with van der Waals surface area (Å²) in [6, 6.07) is 1.94. The first-order chi connectivity index (χ1) is 11.2. The minimum atomic E-state index is -0.348. The Bertz CT molecular complexity index is 759. The average Bonchev–Trinajstić information content (AvgIpc) is 3.13. The Labute approximate surface area is 142 Å². The molecule has 1 amide bonds. The fraction of sp³-hybridized carbons (Fsp3) is 0.556. The van der Waals surface area contributed by atoms with Gasteiger partial charge < -0.3 is 9.88 Å². The number of hydrogen-bond acceptors (Lipinski definition) is 4. The predicted molar refractivity (Wildman–Crippen MR) is 92.5 cm³/mol. The van der Waals surface area contributed by atoms with Crippen molar-refractivity contribution in [3.63, 3.8) is 0 Å². The summed E-state index contributed by atoms with van der Waals surface area (Å²) >= 11 is 0. The maximum absolute atomic E-state index is 12.5. The molecule has 1 atom stereocenters. The summed E-state index contributed by atoms with van der Waals surface area (Å²) in [6.45, 7) is 11.3. The summed E-state index contributed by atoms with van der Waals surface area (Å²) < 4.78 is 0. The summed E-state index contributed by atoms with van der Waals surface area (Å²) in [5, 5.41) is 0. The van der Waals surface area contributed by atoms with E-state index in [2.05, 4.69) is 15.0 Å². The van der Waals surface area contributed by atoms with E-state index in [0.29, 0.717) is 6.54 Å². The number of imidazole rings is 1. The number of carbonyl (C=O) groups excluding carboxylic acids is 1. The highest BCUT2D eigenvalue weighted by Crippen LogP contribution is 2.29. The summed E-state index contributed by atoms with van der Waals surface area (Å²) in [5.74, 6) is 1.95. The van der Waals surface area contributed by atoms with Crippen molar-refractivity contribution in [1.82, 2.24) is 24.8 Å². The number of nitrogens with zero attached hydrogens (tertiary/aromatic N) is 4. The fourth-order valence-electron chi connectivity index (χ4n) is 3.07. The van der Waals surface area contributed by atoms with Gasteiger partial charge in [0.15, 0.2) is 5.82 Å². The van der Waals surface area contributed by atoms with Gasteiger partial charge in [0.2, 0.25) is 5.91 Å². The topological polar surface area (TPSA) is 74.8 Å². The number of rotatable bonds is 2. The molecule has 1 saturated heterocycles. The first-order valence-electron chi connectivity index (χ1n) is 8.41. The van der Waals surface area contributed by atoms with Gasteiger partial charge in [0.25, 0.3) is 0 Å². The van der Waals surface area contributed by atoms with Crippen molar-refractivity contribution in [2.75, 3.05) is 13.1 Å². The lowest BCUT2D eigenvalue weighted by molar-refractivity contribution is -0.138. The third kappa shape index (κ3) is 3.32. The van der Waals surface area contributed by atoms with Crippen LogP contribution < -0.4 is 0 Å². The molecule has 1 aliphatic heterocycles. The van der Waals surface area contributed by atoms with Gasteiger partial charge in [-0.1, -0.05) is 20.8 Å². The molecule has 24 heavy (non-hydrogen) atoms. The number of H-pyrrole nitrogens is 1. The number of carbonyl (C=O) groups is 1. The Balaban J connectivity index is 1.83. The number of hydrogen-bond donors (Lipinski definition) is 1. The van der Waals surface area contributed by atoms with Crippen molar-refractivity contribution in [3.05, 3.63) is 29.5 Å². The fourth-order valence-corrected chi connectivity index (χ4v) is 3.07. The Kier molecular flexibility index (Phi) is 4.15. The summed E-state index contributed by atoms with van der Waals surface area (Å²) in [4.78, 5) is 31.3. The second-order valence-corrected chi connectivity index (χ2v) is 7.65. The lowest BCUT2D eigenvalue weighted by atomic mass is 9.95. The van der Waals surface area contributed by atoms with E-state index >= 15 is 0 Å². The van der Waals surface area contributed by atoms with Gasteiger partial charge in [0.05, 0.1) is 0 Å². The molecule has 2 aromatic heterocycles. The third-order valence-corrected chi connectivity index (χ3v) is 4.30. The van der Waals surface area contributed by atoms with Crippen molar-refractivity contribution in [1.29, 1.82) is 0 Å². The number of aryl methyl sites for hydroxylation is 2. The van der Waals surface area contributed by atoms with Crippen molar-refractivity contribution in [2.45, 2.75) is 47.0 Å². The van der Waals surface area contributed by atoms with E-state index in [1.165, 1.54) is 0 Å². The quantitative estimate of drug-likeness (QED) is 0.920. The lowest BCUT2D eigenvalue weighted by Crippen LogP contribution is -2.37. The minimum absolute atomic E-state index is 0.186. The van der Waals surface area contributed by atoms with Crippen LogP contribution in [0.1, 0.15) is 50.3 Å². The van der Waals surface area contributed by atoms with Crippen LogP contribution in [-0.4, -0.2) is 43.8 Å². The van der Waals surface area contributed by atoms with Crippen LogP contribution in [0.3, 0.4) is 0 Å². The second-order valence-electron chi connectivity index (χ2n) is 7.65. The Morgan fingerprint density at radius 1 is 1.29 bits per heavy atom. The van der Waals surface area contributed by atoms with Crippen molar-refractivity contribution in [2.24, 2.45) is 5.41 Å². The number of amides is 1. The SMILES string of the molecule is Cc1cc(-c2ncc(C)[nH]2)nc([C@@H]2CCN(C(=O)C(C)(C)C)C2)n1. The molecule has 0 saturated carbocycles. The zero-order valence-electron chi connectivity index (χ0n) is 15.1. The smallest absolute Gasteiger partial charge is 0.227 e. The first kappa shape index (κ1) is 16.6. The normalized spacial score (nSPS) is 18.2. The number of aromatic amines is 1. The van der Waals surface area contributed by atoms with Gasteiger partial charge in [-0.15, -0.1) is 0 Å². The molecule has 3 heterocycles. The molecule has 1 N–H and O–H groups in total. The molecule has 128 valence electrons. The monoisotopic (exact) mass is 327 g/mol. The van der Waals surface area contributed by atoms with Crippen LogP contribution in [0.5, 0.6) is 0 Å². The van der Waals surface area contributed by atoms with Crippen LogP contribution in [0.2, 0.25) is 0 Å². The molecule has 6 heteroatoms. The van der Waals surface area contributed by atoms with Crippen LogP contribution in [0.4, 0.5) is 0 Å². The molecule has 2 aromatic rings. The molecule has 6 nitrogen and oxygen atoms in total. The van der Waals surface area contributed by atoms with Crippen LogP contribution in [0, 0.1) is 19.3 Å². The minimum Gasteiger partial charge on any atom is -0.341 e. The molecule has 0 aromatic carbocycles. The van der Waals surface area contributed by atoms with E-state index in [0.717, 1.165) is 41.7 Å². The predicted octanol–water partition coefficient (Wildman–Crippen LogP) is 2.85. The third-order valence-electron chi connectivity index (χ3n) is 4.30. The highest BCUT2D eigenvalue weighted by atomic mass is 16.2. The number of nitrogens with one attached hydrogen (secondary N) is 1. The van der Waals surface area contributed by atoms with E-state index in [4.69, 9.17) is 4.98 Å². The summed E-state index contributed by atoms with van der Waals surface area (Å²) in [7, 11) is 0. The first-order valence-corrected chi connectivity index (χ1v) is 8.41. The summed E-state index contributed by atoms with van der Waals surface area (Å²) in [6.07, 6.45) is 2.70. The zero-order chi connectivity index (χ0) is 17.5. The van der Waals surface area contributed by atoms with Gasteiger partial charge in [-0.3, -0.25) is 4.79 Å². The van der Waals surface area contributed by atoms with E-state index in [1.807, 2.05) is 45.6 Å². The lowest BCUT2D eigenvalue weighted by Gasteiger charge is -2.25. The van der Waals surface area contributed by atoms with Gasteiger partial charge >= 0.3 is 0 Å². The highest BCUT2D eigenvalue weighted by Gasteiger charge is 2.34. The number of aromatic nitrogens is 4. The molecular weight excluding hydrogens is 302 g/mol. The van der Waals surface area contributed by atoms with Crippen LogP contribution in [-0.2, 0) is 4.79 Å². The maximum Gasteiger partial charge on any atom is 0.227 e. The standard InChI is InChI=1S/C18H25N5O/c1-11-8-14(16-19-9-12(2)21-16)22-15(20-11)13-6-7-23(10-13)17(24)18(3,4)5/h8-9,13H,6-7,10H2,1-5H3,(H,19,21)/t13-/m1/s1. The molecule has 1 fully saturated rings. The van der Waals surface area contributed by atoms with Crippen LogP contribution in [0.25, 0.3) is 11.5 Å². The molecule has 3 rings (SSSR count). The van der Waals surface area contributed by atoms with Crippen molar-refractivity contribution >= 4 is 5.91 Å². The van der Waals surface area contributed by atoms with Gasteiger partial charge in [0, 0.05) is 42.0 Å². The van der Waals surface area contributed by atoms with Gasteiger partial charge in [-0.05, 0) is 26.3 Å². The van der Waals surface area contributed by atoms with Gasteiger partial charge in [-0.2, -0.15) is 0 Å². The van der Waals surface area contributed by atoms with Crippen LogP contribution in [0.15, 0.2) is 12.3 Å². The average molecular weight is 327 g/mol. The van der Waals surface area contributed by atoms with E-state index in [-0.39, 0.29) is 17.2 Å². The largest absolute Gasteiger partial charge is 0.341 e. The Morgan fingerprint density at radius 3 is 2.67 bits per heavy atom. The van der Waals surface area contributed by atoms with Crippen molar-refractivity contribution in [3.8, 4) is 11.5 Å². The Morgan fingerprint density at radius 2 is 2.04 bits per heavy atom. The molecule has 0 spiro atoms. The molecule has 1 aliphatic rings. The molecule has 0 unspecified atom stereocenters. The van der Waals surface area contributed by atoms with Crippen LogP contribution >= 0.6 is 0 Å². The van der Waals surface area contributed by atoms with E-state index in [1.54, 1.807) is 6.20 Å². The van der Waals surface area contributed by atoms with Gasteiger partial charge in [-0.25, -0.2) is 15.0 Å². The molecule has 0 radical (unpaired) electrons. The second kappa shape index (κ2) is 6.00. The maximum atomic E-state index is 12.5. The molecule has 0 bridgehead atoms. The highest BCUT2D eigenvalue weighted by molar-refractivity contribution is 5.81. The van der Waals surface area contributed by atoms with Gasteiger partial charge in [0.1, 0.15) is 11.5 Å². The van der Waals surface area contributed by atoms with E-state index < -0.39 is 0 Å². The zero-order valence-corrected chi connectivity index (χ0v) is 15.1. The number of likely N-dealkylation sites (tertiary alicyclic amines) is 1. The molecule has 0 aliphatic carbocycles. The summed E-state index contributed by atoms with van der Waals surface area (Å²) in [5.41, 5.74) is 2.39. The van der Waals surface area contributed by atoms with Crippen molar-refractivity contribution < 1.29 is 4.79 Å². The molecular formula is C18H25N5O. The van der Waals surface area contributed by atoms with E-state index in [9.17, 15) is 4.79 Å².